The normalized spacial score (nSPS) is 30.9. The van der Waals surface area contributed by atoms with Gasteiger partial charge < -0.3 is 4.42 Å². The molecular weight excluding hydrogens is 374 g/mol. The van der Waals surface area contributed by atoms with Gasteiger partial charge in [0.2, 0.25) is 5.89 Å². The third-order valence-corrected chi connectivity index (χ3v) is 7.62. The van der Waals surface area contributed by atoms with Gasteiger partial charge in [-0.1, -0.05) is 17.3 Å². The summed E-state index contributed by atoms with van der Waals surface area (Å²) in [5.41, 5.74) is 0.551. The van der Waals surface area contributed by atoms with Gasteiger partial charge in [-0.2, -0.15) is 4.68 Å². The van der Waals surface area contributed by atoms with Gasteiger partial charge in [0.25, 0.3) is 10.8 Å². The minimum atomic E-state index is -0.154. The van der Waals surface area contributed by atoms with Gasteiger partial charge in [-0.25, -0.2) is 0 Å². The second-order valence-corrected chi connectivity index (χ2v) is 9.65. The van der Waals surface area contributed by atoms with Gasteiger partial charge in [0.1, 0.15) is 11.4 Å². The van der Waals surface area contributed by atoms with Crippen molar-refractivity contribution in [3.8, 4) is 0 Å². The van der Waals surface area contributed by atoms with Crippen LogP contribution in [0.5, 0.6) is 0 Å². The van der Waals surface area contributed by atoms with Crippen molar-refractivity contribution in [2.24, 2.45) is 17.8 Å². The minimum Gasteiger partial charge on any atom is -0.415 e. The summed E-state index contributed by atoms with van der Waals surface area (Å²) in [6.45, 7) is 0. The number of rotatable bonds is 4. The van der Waals surface area contributed by atoms with Crippen molar-refractivity contribution >= 4 is 22.7 Å². The van der Waals surface area contributed by atoms with E-state index in [1.54, 1.807) is 12.1 Å². The molecule has 0 aliphatic heterocycles. The van der Waals surface area contributed by atoms with Crippen LogP contribution in [0.2, 0.25) is 0 Å². The van der Waals surface area contributed by atoms with Crippen molar-refractivity contribution in [3.63, 3.8) is 0 Å². The van der Waals surface area contributed by atoms with E-state index in [-0.39, 0.29) is 11.0 Å². The van der Waals surface area contributed by atoms with E-state index in [0.717, 1.165) is 23.6 Å². The topological polar surface area (TPSA) is 86.7 Å². The van der Waals surface area contributed by atoms with Crippen LogP contribution in [-0.4, -0.2) is 25.2 Å². The Kier molecular flexibility index (Phi) is 3.66. The number of aromatic nitrogens is 5. The maximum atomic E-state index is 12.6. The molecule has 0 amide bonds. The fourth-order valence-electron chi connectivity index (χ4n) is 6.08. The van der Waals surface area contributed by atoms with Crippen molar-refractivity contribution < 1.29 is 4.42 Å². The first kappa shape index (κ1) is 16.7. The van der Waals surface area contributed by atoms with E-state index in [1.807, 2.05) is 12.1 Å². The van der Waals surface area contributed by atoms with Crippen LogP contribution in [0.1, 0.15) is 44.4 Å². The monoisotopic (exact) mass is 395 g/mol. The summed E-state index contributed by atoms with van der Waals surface area (Å²) in [5.74, 6) is 3.62. The Balaban J connectivity index is 1.23. The molecule has 144 valence electrons. The lowest BCUT2D eigenvalue weighted by atomic mass is 9.49. The van der Waals surface area contributed by atoms with E-state index in [0.29, 0.717) is 22.0 Å². The Morgan fingerprint density at radius 1 is 1.04 bits per heavy atom. The Morgan fingerprint density at radius 3 is 2.50 bits per heavy atom. The first-order valence-corrected chi connectivity index (χ1v) is 11.0. The van der Waals surface area contributed by atoms with E-state index in [9.17, 15) is 4.79 Å². The third kappa shape index (κ3) is 2.61. The van der Waals surface area contributed by atoms with Crippen LogP contribution in [0, 0.1) is 17.8 Å². The molecule has 2 aromatic heterocycles. The quantitative estimate of drug-likeness (QED) is 0.626. The van der Waals surface area contributed by atoms with Gasteiger partial charge in [0.15, 0.2) is 0 Å². The van der Waals surface area contributed by atoms with Crippen LogP contribution in [0.25, 0.3) is 10.9 Å². The molecule has 4 aliphatic rings. The van der Waals surface area contributed by atoms with E-state index in [2.05, 4.69) is 20.5 Å². The average Bonchev–Trinajstić information content (AvgIpc) is 3.17. The number of nitrogens with zero attached hydrogens (tertiary/aromatic N) is 5. The second-order valence-electron chi connectivity index (χ2n) is 8.76. The largest absolute Gasteiger partial charge is 0.415 e. The molecule has 8 heteroatoms. The summed E-state index contributed by atoms with van der Waals surface area (Å²) in [6, 6.07) is 7.24. The molecule has 0 N–H and O–H groups in total. The van der Waals surface area contributed by atoms with Crippen LogP contribution >= 0.6 is 11.8 Å². The van der Waals surface area contributed by atoms with Gasteiger partial charge in [0.05, 0.1) is 5.39 Å². The lowest BCUT2D eigenvalue weighted by Crippen LogP contribution is -2.48. The third-order valence-electron chi connectivity index (χ3n) is 6.84. The summed E-state index contributed by atoms with van der Waals surface area (Å²) in [7, 11) is 0. The van der Waals surface area contributed by atoms with Crippen LogP contribution in [0.15, 0.2) is 38.7 Å². The highest BCUT2D eigenvalue weighted by molar-refractivity contribution is 7.98. The lowest BCUT2D eigenvalue weighted by molar-refractivity contribution is -0.0191. The molecule has 4 fully saturated rings. The van der Waals surface area contributed by atoms with Crippen molar-refractivity contribution in [1.82, 2.24) is 25.2 Å². The maximum absolute atomic E-state index is 12.6. The molecule has 2 heterocycles. The van der Waals surface area contributed by atoms with E-state index >= 15 is 0 Å². The van der Waals surface area contributed by atoms with E-state index < -0.39 is 0 Å². The number of fused-ring (bicyclic) bond motifs is 1. The first-order valence-electron chi connectivity index (χ1n) is 9.98. The molecule has 0 unspecified atom stereocenters. The molecule has 4 saturated carbocycles. The standard InChI is InChI=1S/C20H21N5O2S/c26-17-15-3-1-2-4-16(15)21-24-25(17)11-28-19-23-22-18(27-19)20-8-12-5-13(9-20)7-14(6-12)10-20/h1-4,12-14H,5-11H2. The molecule has 1 aromatic carbocycles. The van der Waals surface area contributed by atoms with Gasteiger partial charge >= 0.3 is 0 Å². The number of benzene rings is 1. The average molecular weight is 395 g/mol. The predicted molar refractivity (Wildman–Crippen MR) is 104 cm³/mol. The predicted octanol–water partition coefficient (Wildman–Crippen LogP) is 3.39. The van der Waals surface area contributed by atoms with E-state index in [1.165, 1.54) is 55.0 Å². The number of hydrogen-bond acceptors (Lipinski definition) is 7. The van der Waals surface area contributed by atoms with Crippen molar-refractivity contribution in [3.05, 3.63) is 40.5 Å². The summed E-state index contributed by atoms with van der Waals surface area (Å²) < 4.78 is 7.44. The van der Waals surface area contributed by atoms with Crippen molar-refractivity contribution in [2.75, 3.05) is 0 Å². The van der Waals surface area contributed by atoms with Gasteiger partial charge in [-0.3, -0.25) is 4.79 Å². The molecule has 0 spiro atoms. The highest BCUT2D eigenvalue weighted by Gasteiger charge is 2.54. The van der Waals surface area contributed by atoms with Gasteiger partial charge in [-0.05, 0) is 80.2 Å². The summed E-state index contributed by atoms with van der Waals surface area (Å²) in [5, 5.41) is 17.9. The number of hydrogen-bond donors (Lipinski definition) is 0. The molecule has 4 aliphatic carbocycles. The zero-order valence-electron chi connectivity index (χ0n) is 15.5. The van der Waals surface area contributed by atoms with Gasteiger partial charge in [0, 0.05) is 5.41 Å². The van der Waals surface area contributed by atoms with Crippen LogP contribution in [-0.2, 0) is 11.3 Å². The Labute approximate surface area is 165 Å². The SMILES string of the molecule is O=c1c2ccccc2nnn1CSc1nnc(C23CC4CC(CC(C4)C2)C3)o1. The van der Waals surface area contributed by atoms with Crippen LogP contribution in [0.3, 0.4) is 0 Å². The van der Waals surface area contributed by atoms with Crippen molar-refractivity contribution in [1.29, 1.82) is 0 Å². The van der Waals surface area contributed by atoms with Crippen molar-refractivity contribution in [2.45, 2.75) is 55.0 Å². The molecule has 3 aromatic rings. The molecule has 0 atom stereocenters. The highest BCUT2D eigenvalue weighted by atomic mass is 32.2. The van der Waals surface area contributed by atoms with E-state index in [4.69, 9.17) is 4.42 Å². The minimum absolute atomic E-state index is 0.0974. The zero-order valence-corrected chi connectivity index (χ0v) is 16.3. The number of thioether (sulfide) groups is 1. The molecule has 28 heavy (non-hydrogen) atoms. The summed E-state index contributed by atoms with van der Waals surface area (Å²) in [4.78, 5) is 12.6. The Bertz CT molecular complexity index is 1070. The molecule has 7 rings (SSSR count). The van der Waals surface area contributed by atoms with Gasteiger partial charge in [-0.15, -0.1) is 15.3 Å². The second kappa shape index (κ2) is 6.14. The first-order chi connectivity index (χ1) is 13.7. The molecule has 0 radical (unpaired) electrons. The Morgan fingerprint density at radius 2 is 1.75 bits per heavy atom. The summed E-state index contributed by atoms with van der Waals surface area (Å²) >= 11 is 1.34. The Hall–Kier alpha value is -2.22. The van der Waals surface area contributed by atoms with Crippen LogP contribution < -0.4 is 5.56 Å². The molecular formula is C20H21N5O2S. The fourth-order valence-corrected chi connectivity index (χ4v) is 6.72. The fraction of sp³-hybridized carbons (Fsp3) is 0.550. The molecule has 7 nitrogen and oxygen atoms in total. The maximum Gasteiger partial charge on any atom is 0.278 e. The molecule has 0 saturated heterocycles. The highest BCUT2D eigenvalue weighted by Crippen LogP contribution is 2.60. The zero-order chi connectivity index (χ0) is 18.7. The summed E-state index contributed by atoms with van der Waals surface area (Å²) in [6.07, 6.45) is 7.75. The van der Waals surface area contributed by atoms with Crippen LogP contribution in [0.4, 0.5) is 0 Å². The molecule has 4 bridgehead atoms. The smallest absolute Gasteiger partial charge is 0.278 e. The lowest BCUT2D eigenvalue weighted by Gasteiger charge is -2.55.